The molecule has 2 heterocycles. The Morgan fingerprint density at radius 2 is 2.00 bits per heavy atom. The maximum Gasteiger partial charge on any atom is 0.199 e. The molecule has 1 N–H and O–H groups in total. The van der Waals surface area contributed by atoms with Gasteiger partial charge in [0.2, 0.25) is 0 Å². The van der Waals surface area contributed by atoms with Crippen LogP contribution in [0.25, 0.3) is 11.2 Å². The number of nitrogens with zero attached hydrogens (tertiary/aromatic N) is 3. The molecule has 0 spiro atoms. The fourth-order valence-electron chi connectivity index (χ4n) is 0.994. The first-order chi connectivity index (χ1) is 6.69. The summed E-state index contributed by atoms with van der Waals surface area (Å²) in [5, 5.41) is 6.79. The van der Waals surface area contributed by atoms with E-state index >= 15 is 0 Å². The zero-order chi connectivity index (χ0) is 10.6. The molecule has 78 valence electrons. The monoisotopic (exact) mass is 194 g/mol. The van der Waals surface area contributed by atoms with Crippen molar-refractivity contribution in [1.82, 2.24) is 20.2 Å². The van der Waals surface area contributed by atoms with E-state index in [-0.39, 0.29) is 1.43 Å². The Kier molecular flexibility index (Phi) is 3.56. The number of aromatic amines is 1. The summed E-state index contributed by atoms with van der Waals surface area (Å²) in [5.41, 5.74) is 3.44. The summed E-state index contributed by atoms with van der Waals surface area (Å²) in [6.07, 6.45) is 2.96. The van der Waals surface area contributed by atoms with Crippen molar-refractivity contribution in [3.8, 4) is 0 Å². The Bertz CT molecular complexity index is 411. The van der Waals surface area contributed by atoms with Crippen molar-refractivity contribution in [3.63, 3.8) is 0 Å². The number of fused-ring (bicyclic) bond motifs is 1. The lowest BCUT2D eigenvalue weighted by molar-refractivity contribution is 1.05. The maximum atomic E-state index is 4.28. The molecular formula is C10H18N4. The first kappa shape index (κ1) is 10.6. The van der Waals surface area contributed by atoms with Crippen molar-refractivity contribution in [2.24, 2.45) is 0 Å². The highest BCUT2D eigenvalue weighted by Crippen LogP contribution is 2.08. The molecule has 0 saturated heterocycles. The first-order valence-corrected chi connectivity index (χ1v) is 4.83. The molecule has 0 aromatic carbocycles. The minimum atomic E-state index is 0. The molecule has 0 aliphatic carbocycles. The molecule has 0 aliphatic rings. The highest BCUT2D eigenvalue weighted by Gasteiger charge is 2.02. The Labute approximate surface area is 85.3 Å². The second-order valence-electron chi connectivity index (χ2n) is 3.24. The standard InChI is InChI=1S/C7H8N4.C3H8.H2/c1-4-3-8-7-6(9-4)5(2)10-11-7;1-3-2;/h3H,1-2H3,(H,8,10,11);3H2,1-2H3;1H. The average molecular weight is 194 g/mol. The predicted octanol–water partition coefficient (Wildman–Crippen LogP) is 2.63. The SMILES string of the molecule is CCC.Cc1cnc2n[nH]c(C)c2n1.[HH]. The van der Waals surface area contributed by atoms with Crippen LogP contribution in [0.4, 0.5) is 0 Å². The van der Waals surface area contributed by atoms with E-state index in [2.05, 4.69) is 34.0 Å². The molecule has 0 radical (unpaired) electrons. The van der Waals surface area contributed by atoms with Crippen LogP contribution in [0.3, 0.4) is 0 Å². The molecule has 0 atom stereocenters. The molecule has 0 unspecified atom stereocenters. The van der Waals surface area contributed by atoms with E-state index in [1.165, 1.54) is 6.42 Å². The van der Waals surface area contributed by atoms with E-state index < -0.39 is 0 Å². The van der Waals surface area contributed by atoms with Crippen LogP contribution in [0.5, 0.6) is 0 Å². The molecule has 0 bridgehead atoms. The van der Waals surface area contributed by atoms with Crippen LogP contribution >= 0.6 is 0 Å². The normalized spacial score (nSPS) is 9.71. The largest absolute Gasteiger partial charge is 0.278 e. The van der Waals surface area contributed by atoms with E-state index in [9.17, 15) is 0 Å². The number of rotatable bonds is 0. The molecule has 0 fully saturated rings. The van der Waals surface area contributed by atoms with E-state index in [1.807, 2.05) is 13.8 Å². The molecule has 0 saturated carbocycles. The molecule has 4 heteroatoms. The molecular weight excluding hydrogens is 176 g/mol. The third kappa shape index (κ3) is 2.28. The third-order valence-corrected chi connectivity index (χ3v) is 1.56. The second-order valence-corrected chi connectivity index (χ2v) is 3.24. The van der Waals surface area contributed by atoms with Gasteiger partial charge in [0, 0.05) is 1.43 Å². The van der Waals surface area contributed by atoms with E-state index in [1.54, 1.807) is 6.20 Å². The summed E-state index contributed by atoms with van der Waals surface area (Å²) in [6, 6.07) is 0. The summed E-state index contributed by atoms with van der Waals surface area (Å²) in [7, 11) is 0. The molecule has 2 aromatic heterocycles. The van der Waals surface area contributed by atoms with Gasteiger partial charge in [0.1, 0.15) is 5.52 Å². The highest BCUT2D eigenvalue weighted by atomic mass is 15.2. The zero-order valence-electron chi connectivity index (χ0n) is 9.13. The number of nitrogens with one attached hydrogen (secondary N) is 1. The quantitative estimate of drug-likeness (QED) is 0.701. The Morgan fingerprint density at radius 3 is 2.64 bits per heavy atom. The van der Waals surface area contributed by atoms with Crippen LogP contribution in [-0.4, -0.2) is 20.2 Å². The summed E-state index contributed by atoms with van der Waals surface area (Å²) >= 11 is 0. The molecule has 2 aromatic rings. The predicted molar refractivity (Wildman–Crippen MR) is 59.2 cm³/mol. The first-order valence-electron chi connectivity index (χ1n) is 4.83. The number of hydrogen-bond acceptors (Lipinski definition) is 3. The van der Waals surface area contributed by atoms with Crippen LogP contribution in [0.2, 0.25) is 0 Å². The second kappa shape index (κ2) is 4.69. The molecule has 0 aliphatic heterocycles. The fraction of sp³-hybridized carbons (Fsp3) is 0.500. The van der Waals surface area contributed by atoms with Crippen molar-refractivity contribution < 1.29 is 1.43 Å². The van der Waals surface area contributed by atoms with Gasteiger partial charge in [-0.05, 0) is 13.8 Å². The number of aromatic nitrogens is 4. The van der Waals surface area contributed by atoms with E-state index in [0.717, 1.165) is 16.9 Å². The topological polar surface area (TPSA) is 54.5 Å². The Hall–Kier alpha value is -1.45. The number of H-pyrrole nitrogens is 1. The molecule has 4 nitrogen and oxygen atoms in total. The fourth-order valence-corrected chi connectivity index (χ4v) is 0.994. The van der Waals surface area contributed by atoms with Crippen LogP contribution in [0, 0.1) is 13.8 Å². The van der Waals surface area contributed by atoms with Crippen LogP contribution in [-0.2, 0) is 0 Å². The van der Waals surface area contributed by atoms with Gasteiger partial charge in [0.15, 0.2) is 5.65 Å². The van der Waals surface area contributed by atoms with Crippen molar-refractivity contribution >= 4 is 11.2 Å². The Balaban J connectivity index is 0.000000443. The van der Waals surface area contributed by atoms with Crippen molar-refractivity contribution in [3.05, 3.63) is 17.6 Å². The van der Waals surface area contributed by atoms with Gasteiger partial charge in [-0.1, -0.05) is 20.3 Å². The van der Waals surface area contributed by atoms with Crippen molar-refractivity contribution in [2.45, 2.75) is 34.1 Å². The third-order valence-electron chi connectivity index (χ3n) is 1.56. The molecule has 2 rings (SSSR count). The molecule has 0 amide bonds. The van der Waals surface area contributed by atoms with Gasteiger partial charge in [-0.15, -0.1) is 0 Å². The minimum absolute atomic E-state index is 0. The number of aryl methyl sites for hydroxylation is 2. The molecule has 14 heavy (non-hydrogen) atoms. The van der Waals surface area contributed by atoms with Gasteiger partial charge in [-0.3, -0.25) is 5.10 Å². The summed E-state index contributed by atoms with van der Waals surface area (Å²) in [4.78, 5) is 8.38. The van der Waals surface area contributed by atoms with Crippen LogP contribution in [0.15, 0.2) is 6.20 Å². The highest BCUT2D eigenvalue weighted by molar-refractivity contribution is 5.71. The summed E-state index contributed by atoms with van der Waals surface area (Å²) in [5.74, 6) is 0. The van der Waals surface area contributed by atoms with E-state index in [4.69, 9.17) is 0 Å². The minimum Gasteiger partial charge on any atom is -0.278 e. The lowest BCUT2D eigenvalue weighted by Gasteiger charge is -1.89. The van der Waals surface area contributed by atoms with Gasteiger partial charge >= 0.3 is 0 Å². The van der Waals surface area contributed by atoms with Gasteiger partial charge < -0.3 is 0 Å². The number of hydrogen-bond donors (Lipinski definition) is 1. The van der Waals surface area contributed by atoms with Gasteiger partial charge in [0.25, 0.3) is 0 Å². The zero-order valence-corrected chi connectivity index (χ0v) is 9.13. The van der Waals surface area contributed by atoms with Crippen LogP contribution in [0.1, 0.15) is 33.1 Å². The lowest BCUT2D eigenvalue weighted by atomic mass is 10.4. The van der Waals surface area contributed by atoms with Gasteiger partial charge in [-0.2, -0.15) is 5.10 Å². The summed E-state index contributed by atoms with van der Waals surface area (Å²) < 4.78 is 0. The van der Waals surface area contributed by atoms with E-state index in [0.29, 0.717) is 5.65 Å². The Morgan fingerprint density at radius 1 is 1.36 bits per heavy atom. The average Bonchev–Trinajstić information content (AvgIpc) is 2.49. The van der Waals surface area contributed by atoms with Crippen molar-refractivity contribution in [1.29, 1.82) is 0 Å². The van der Waals surface area contributed by atoms with Crippen molar-refractivity contribution in [2.75, 3.05) is 0 Å². The van der Waals surface area contributed by atoms with Crippen LogP contribution < -0.4 is 0 Å². The summed E-state index contributed by atoms with van der Waals surface area (Å²) in [6.45, 7) is 8.10. The van der Waals surface area contributed by atoms with Gasteiger partial charge in [-0.25, -0.2) is 9.97 Å². The maximum absolute atomic E-state index is 4.28. The lowest BCUT2D eigenvalue weighted by Crippen LogP contribution is -1.84. The smallest absolute Gasteiger partial charge is 0.199 e. The van der Waals surface area contributed by atoms with Gasteiger partial charge in [0.05, 0.1) is 17.6 Å².